The molecule has 2 rings (SSSR count). The fraction of sp³-hybridized carbons (Fsp3) is 0.727. The van der Waals surface area contributed by atoms with Gasteiger partial charge in [0.15, 0.2) is 0 Å². The van der Waals surface area contributed by atoms with Gasteiger partial charge in [-0.15, -0.1) is 10.2 Å². The van der Waals surface area contributed by atoms with Crippen LogP contribution in [0.4, 0.5) is 9.93 Å². The van der Waals surface area contributed by atoms with Crippen molar-refractivity contribution in [3.63, 3.8) is 0 Å². The third-order valence-corrected chi connectivity index (χ3v) is 3.83. The van der Waals surface area contributed by atoms with Crippen LogP contribution in [0.1, 0.15) is 18.9 Å². The molecule has 0 atom stereocenters. The van der Waals surface area contributed by atoms with E-state index in [0.717, 1.165) is 31.2 Å². The Balaban J connectivity index is 1.84. The zero-order chi connectivity index (χ0) is 13.1. The van der Waals surface area contributed by atoms with E-state index < -0.39 is 0 Å². The van der Waals surface area contributed by atoms with E-state index in [1.807, 2.05) is 11.8 Å². The average Bonchev–Trinajstić information content (AvgIpc) is 2.75. The van der Waals surface area contributed by atoms with Crippen LogP contribution >= 0.6 is 11.3 Å². The van der Waals surface area contributed by atoms with Crippen LogP contribution in [0.15, 0.2) is 0 Å². The van der Waals surface area contributed by atoms with Crippen molar-refractivity contribution < 1.29 is 4.79 Å². The molecule has 0 radical (unpaired) electrons. The van der Waals surface area contributed by atoms with E-state index in [2.05, 4.69) is 34.3 Å². The molecule has 0 saturated carbocycles. The third-order valence-electron chi connectivity index (χ3n) is 3.07. The van der Waals surface area contributed by atoms with Gasteiger partial charge in [0.1, 0.15) is 5.01 Å². The molecule has 0 aromatic carbocycles. The molecular weight excluding hydrogens is 250 g/mol. The number of carbonyl (C=O) groups is 1. The molecule has 1 aromatic rings. The summed E-state index contributed by atoms with van der Waals surface area (Å²) in [7, 11) is 0. The highest BCUT2D eigenvalue weighted by Crippen LogP contribution is 2.15. The summed E-state index contributed by atoms with van der Waals surface area (Å²) in [6.07, 6.45) is 0. The molecular formula is C11H19N5OS. The van der Waals surface area contributed by atoms with Gasteiger partial charge in [0.05, 0.1) is 0 Å². The minimum absolute atomic E-state index is 0.0745. The van der Waals surface area contributed by atoms with E-state index in [4.69, 9.17) is 0 Å². The predicted molar refractivity (Wildman–Crippen MR) is 71.9 cm³/mol. The summed E-state index contributed by atoms with van der Waals surface area (Å²) < 4.78 is 0. The molecule has 1 saturated heterocycles. The summed E-state index contributed by atoms with van der Waals surface area (Å²) >= 11 is 1.39. The van der Waals surface area contributed by atoms with Crippen LogP contribution in [0.25, 0.3) is 0 Å². The first-order valence-electron chi connectivity index (χ1n) is 6.16. The topological polar surface area (TPSA) is 61.4 Å². The number of aryl methyl sites for hydroxylation is 1. The van der Waals surface area contributed by atoms with Crippen molar-refractivity contribution in [3.05, 3.63) is 5.01 Å². The second-order valence-electron chi connectivity index (χ2n) is 4.67. The van der Waals surface area contributed by atoms with Gasteiger partial charge in [-0.25, -0.2) is 4.79 Å². The molecule has 1 aromatic heterocycles. The van der Waals surface area contributed by atoms with Gasteiger partial charge >= 0.3 is 6.03 Å². The van der Waals surface area contributed by atoms with Crippen molar-refractivity contribution in [2.75, 3.05) is 31.5 Å². The Labute approximate surface area is 111 Å². The Bertz CT molecular complexity index is 411. The largest absolute Gasteiger partial charge is 0.323 e. The van der Waals surface area contributed by atoms with Gasteiger partial charge in [-0.3, -0.25) is 10.2 Å². The molecule has 2 amide bonds. The normalized spacial score (nSPS) is 17.2. The Morgan fingerprint density at radius 1 is 1.28 bits per heavy atom. The number of hydrogen-bond donors (Lipinski definition) is 1. The summed E-state index contributed by atoms with van der Waals surface area (Å²) in [5.41, 5.74) is 0. The lowest BCUT2D eigenvalue weighted by atomic mass is 10.2. The first kappa shape index (κ1) is 13.2. The maximum Gasteiger partial charge on any atom is 0.323 e. The maximum absolute atomic E-state index is 12.0. The molecule has 0 aliphatic carbocycles. The van der Waals surface area contributed by atoms with Crippen molar-refractivity contribution in [1.29, 1.82) is 0 Å². The number of rotatable bonds is 2. The second kappa shape index (κ2) is 5.62. The Morgan fingerprint density at radius 2 is 1.94 bits per heavy atom. The highest BCUT2D eigenvalue weighted by atomic mass is 32.1. The standard InChI is InChI=1S/C11H19N5OS/c1-8(2)15-4-6-16(7-5-15)11(17)12-10-14-13-9(3)18-10/h8H,4-7H2,1-3H3,(H,12,14,17). The first-order chi connectivity index (χ1) is 8.56. The molecule has 0 bridgehead atoms. The van der Waals surface area contributed by atoms with Crippen molar-refractivity contribution in [2.24, 2.45) is 0 Å². The summed E-state index contributed by atoms with van der Waals surface area (Å²) in [4.78, 5) is 16.2. The lowest BCUT2D eigenvalue weighted by Crippen LogP contribution is -2.51. The maximum atomic E-state index is 12.0. The lowest BCUT2D eigenvalue weighted by molar-refractivity contribution is 0.125. The Morgan fingerprint density at radius 3 is 2.44 bits per heavy atom. The number of nitrogens with one attached hydrogen (secondary N) is 1. The zero-order valence-corrected chi connectivity index (χ0v) is 11.8. The van der Waals surface area contributed by atoms with Crippen molar-refractivity contribution in [2.45, 2.75) is 26.8 Å². The average molecular weight is 269 g/mol. The molecule has 1 N–H and O–H groups in total. The van der Waals surface area contributed by atoms with Gasteiger partial charge in [-0.2, -0.15) is 0 Å². The van der Waals surface area contributed by atoms with Gasteiger partial charge in [-0.1, -0.05) is 11.3 Å². The van der Waals surface area contributed by atoms with Crippen molar-refractivity contribution in [3.8, 4) is 0 Å². The predicted octanol–water partition coefficient (Wildman–Crippen LogP) is 1.40. The first-order valence-corrected chi connectivity index (χ1v) is 6.98. The van der Waals surface area contributed by atoms with Crippen LogP contribution in [0.2, 0.25) is 0 Å². The Hall–Kier alpha value is -1.21. The van der Waals surface area contributed by atoms with E-state index >= 15 is 0 Å². The van der Waals surface area contributed by atoms with E-state index in [9.17, 15) is 4.79 Å². The molecule has 7 heteroatoms. The second-order valence-corrected chi connectivity index (χ2v) is 5.85. The molecule has 1 fully saturated rings. The van der Waals surface area contributed by atoms with E-state index in [1.165, 1.54) is 11.3 Å². The fourth-order valence-corrected chi connectivity index (χ4v) is 2.54. The molecule has 1 aliphatic rings. The summed E-state index contributed by atoms with van der Waals surface area (Å²) in [6.45, 7) is 9.62. The molecule has 0 unspecified atom stereocenters. The van der Waals surface area contributed by atoms with Gasteiger partial charge in [0.2, 0.25) is 5.13 Å². The van der Waals surface area contributed by atoms with Crippen LogP contribution in [0.3, 0.4) is 0 Å². The highest BCUT2D eigenvalue weighted by Gasteiger charge is 2.22. The highest BCUT2D eigenvalue weighted by molar-refractivity contribution is 7.15. The Kier molecular flexibility index (Phi) is 4.13. The lowest BCUT2D eigenvalue weighted by Gasteiger charge is -2.36. The van der Waals surface area contributed by atoms with Crippen LogP contribution in [-0.4, -0.2) is 58.2 Å². The minimum Gasteiger partial charge on any atom is -0.322 e. The van der Waals surface area contributed by atoms with Gasteiger partial charge in [-0.05, 0) is 20.8 Å². The number of urea groups is 1. The molecule has 6 nitrogen and oxygen atoms in total. The number of nitrogens with zero attached hydrogens (tertiary/aromatic N) is 4. The summed E-state index contributed by atoms with van der Waals surface area (Å²) in [6, 6.07) is 0.468. The zero-order valence-electron chi connectivity index (χ0n) is 11.0. The van der Waals surface area contributed by atoms with Crippen LogP contribution in [0, 0.1) is 6.92 Å². The van der Waals surface area contributed by atoms with Crippen molar-refractivity contribution >= 4 is 22.5 Å². The third kappa shape index (κ3) is 3.17. The number of anilines is 1. The molecule has 2 heterocycles. The number of carbonyl (C=O) groups excluding carboxylic acids is 1. The van der Waals surface area contributed by atoms with Crippen LogP contribution < -0.4 is 5.32 Å². The van der Waals surface area contributed by atoms with Crippen LogP contribution in [-0.2, 0) is 0 Å². The van der Waals surface area contributed by atoms with Gasteiger partial charge < -0.3 is 4.90 Å². The quantitative estimate of drug-likeness (QED) is 0.881. The number of hydrogen-bond acceptors (Lipinski definition) is 5. The van der Waals surface area contributed by atoms with E-state index in [1.54, 1.807) is 0 Å². The van der Waals surface area contributed by atoms with Crippen molar-refractivity contribution in [1.82, 2.24) is 20.0 Å². The monoisotopic (exact) mass is 269 g/mol. The van der Waals surface area contributed by atoms with Gasteiger partial charge in [0.25, 0.3) is 0 Å². The molecule has 18 heavy (non-hydrogen) atoms. The minimum atomic E-state index is -0.0745. The molecule has 0 spiro atoms. The van der Waals surface area contributed by atoms with Gasteiger partial charge in [0, 0.05) is 32.2 Å². The number of aromatic nitrogens is 2. The number of piperazine rings is 1. The molecule has 1 aliphatic heterocycles. The number of amides is 2. The smallest absolute Gasteiger partial charge is 0.322 e. The van der Waals surface area contributed by atoms with Crippen LogP contribution in [0.5, 0.6) is 0 Å². The SMILES string of the molecule is Cc1nnc(NC(=O)N2CCN(C(C)C)CC2)s1. The molecule has 100 valence electrons. The summed E-state index contributed by atoms with van der Waals surface area (Å²) in [5.74, 6) is 0. The summed E-state index contributed by atoms with van der Waals surface area (Å²) in [5, 5.41) is 12.0. The fourth-order valence-electron chi connectivity index (χ4n) is 1.96. The van der Waals surface area contributed by atoms with E-state index in [0.29, 0.717) is 11.2 Å². The van der Waals surface area contributed by atoms with E-state index in [-0.39, 0.29) is 6.03 Å².